The van der Waals surface area contributed by atoms with E-state index in [1.165, 1.54) is 0 Å². The molecule has 0 radical (unpaired) electrons. The molecular formula is C21H17NO2. The zero-order chi connectivity index (χ0) is 16.8. The number of benzene rings is 3. The van der Waals surface area contributed by atoms with Gasteiger partial charge >= 0.3 is 0 Å². The molecule has 0 atom stereocenters. The third-order valence-electron chi connectivity index (χ3n) is 3.78. The van der Waals surface area contributed by atoms with Crippen LogP contribution in [0.5, 0.6) is 11.5 Å². The van der Waals surface area contributed by atoms with Crippen LogP contribution in [0.3, 0.4) is 0 Å². The van der Waals surface area contributed by atoms with Gasteiger partial charge in [-0.15, -0.1) is 0 Å². The van der Waals surface area contributed by atoms with Gasteiger partial charge in [0.1, 0.15) is 6.61 Å². The molecule has 0 unspecified atom stereocenters. The van der Waals surface area contributed by atoms with Crippen molar-refractivity contribution in [2.24, 2.45) is 0 Å². The Balaban J connectivity index is 1.85. The van der Waals surface area contributed by atoms with Gasteiger partial charge in [0, 0.05) is 6.07 Å². The Bertz CT molecular complexity index is 867. The minimum atomic E-state index is 0.424. The summed E-state index contributed by atoms with van der Waals surface area (Å²) in [5.74, 6) is 1.19. The van der Waals surface area contributed by atoms with Crippen molar-refractivity contribution in [3.63, 3.8) is 0 Å². The number of ether oxygens (including phenoxy) is 2. The summed E-state index contributed by atoms with van der Waals surface area (Å²) < 4.78 is 11.3. The van der Waals surface area contributed by atoms with E-state index in [9.17, 15) is 0 Å². The third kappa shape index (κ3) is 3.39. The fourth-order valence-corrected chi connectivity index (χ4v) is 2.56. The Morgan fingerprint density at radius 2 is 1.62 bits per heavy atom. The first-order valence-electron chi connectivity index (χ1n) is 7.66. The van der Waals surface area contributed by atoms with Crippen LogP contribution in [0.25, 0.3) is 11.1 Å². The summed E-state index contributed by atoms with van der Waals surface area (Å²) in [6.07, 6.45) is 0. The second-order valence-corrected chi connectivity index (χ2v) is 5.29. The zero-order valence-corrected chi connectivity index (χ0v) is 13.4. The van der Waals surface area contributed by atoms with E-state index >= 15 is 0 Å². The van der Waals surface area contributed by atoms with Gasteiger partial charge in [-0.3, -0.25) is 0 Å². The van der Waals surface area contributed by atoms with Crippen LogP contribution in [0, 0.1) is 11.3 Å². The van der Waals surface area contributed by atoms with Crippen LogP contribution in [0.1, 0.15) is 11.1 Å². The first-order chi connectivity index (χ1) is 11.8. The highest BCUT2D eigenvalue weighted by Gasteiger charge is 2.09. The molecule has 0 amide bonds. The fourth-order valence-electron chi connectivity index (χ4n) is 2.56. The number of methoxy groups -OCH3 is 1. The average molecular weight is 315 g/mol. The van der Waals surface area contributed by atoms with Gasteiger partial charge in [-0.2, -0.15) is 5.26 Å². The second-order valence-electron chi connectivity index (χ2n) is 5.29. The highest BCUT2D eigenvalue weighted by molar-refractivity contribution is 5.67. The molecule has 0 heterocycles. The number of rotatable bonds is 5. The summed E-state index contributed by atoms with van der Waals surface area (Å²) in [5.41, 5.74) is 3.94. The Kier molecular flexibility index (Phi) is 4.78. The van der Waals surface area contributed by atoms with Crippen LogP contribution in [0.15, 0.2) is 72.8 Å². The van der Waals surface area contributed by atoms with E-state index in [2.05, 4.69) is 30.3 Å². The van der Waals surface area contributed by atoms with E-state index in [1.807, 2.05) is 30.3 Å². The molecule has 118 valence electrons. The summed E-state index contributed by atoms with van der Waals surface area (Å²) in [7, 11) is 1.57. The average Bonchev–Trinajstić information content (AvgIpc) is 2.67. The first kappa shape index (κ1) is 15.6. The van der Waals surface area contributed by atoms with Gasteiger partial charge in [0.2, 0.25) is 0 Å². The molecule has 0 aliphatic rings. The number of hydrogen-bond acceptors (Lipinski definition) is 3. The maximum absolute atomic E-state index is 8.97. The lowest BCUT2D eigenvalue weighted by Gasteiger charge is -2.13. The van der Waals surface area contributed by atoms with Gasteiger partial charge in [0.05, 0.1) is 18.7 Å². The van der Waals surface area contributed by atoms with Crippen LogP contribution in [0.2, 0.25) is 0 Å². The molecule has 3 nitrogen and oxygen atoms in total. The summed E-state index contributed by atoms with van der Waals surface area (Å²) in [6.45, 7) is 0.424. The molecule has 0 bridgehead atoms. The lowest BCUT2D eigenvalue weighted by molar-refractivity contribution is 0.285. The van der Waals surface area contributed by atoms with Gasteiger partial charge in [-0.05, 0) is 28.8 Å². The molecule has 24 heavy (non-hydrogen) atoms. The highest BCUT2D eigenvalue weighted by Crippen LogP contribution is 2.30. The van der Waals surface area contributed by atoms with Gasteiger partial charge in [0.25, 0.3) is 0 Å². The summed E-state index contributed by atoms with van der Waals surface area (Å²) in [5, 5.41) is 8.97. The second kappa shape index (κ2) is 7.34. The molecule has 0 saturated carbocycles. The van der Waals surface area contributed by atoms with Gasteiger partial charge in [0.15, 0.2) is 11.5 Å². The monoisotopic (exact) mass is 315 g/mol. The van der Waals surface area contributed by atoms with Crippen LogP contribution in [-0.4, -0.2) is 7.11 Å². The predicted molar refractivity (Wildman–Crippen MR) is 93.9 cm³/mol. The van der Waals surface area contributed by atoms with Crippen LogP contribution in [-0.2, 0) is 6.61 Å². The number of hydrogen-bond donors (Lipinski definition) is 0. The van der Waals surface area contributed by atoms with Crippen molar-refractivity contribution in [1.82, 2.24) is 0 Å². The van der Waals surface area contributed by atoms with Crippen molar-refractivity contribution in [2.45, 2.75) is 6.61 Å². The fraction of sp³-hybridized carbons (Fsp3) is 0.0952. The summed E-state index contributed by atoms with van der Waals surface area (Å²) >= 11 is 0. The largest absolute Gasteiger partial charge is 0.493 e. The molecular weight excluding hydrogens is 298 g/mol. The van der Waals surface area contributed by atoms with E-state index in [4.69, 9.17) is 14.7 Å². The van der Waals surface area contributed by atoms with Crippen LogP contribution < -0.4 is 9.47 Å². The minimum Gasteiger partial charge on any atom is -0.493 e. The van der Waals surface area contributed by atoms with E-state index < -0.39 is 0 Å². The highest BCUT2D eigenvalue weighted by atomic mass is 16.5. The minimum absolute atomic E-state index is 0.424. The van der Waals surface area contributed by atoms with E-state index in [0.717, 1.165) is 16.7 Å². The lowest BCUT2D eigenvalue weighted by Crippen LogP contribution is -2.00. The molecule has 0 spiro atoms. The molecule has 0 aliphatic carbocycles. The smallest absolute Gasteiger partial charge is 0.162 e. The molecule has 3 heteroatoms. The van der Waals surface area contributed by atoms with E-state index in [-0.39, 0.29) is 0 Å². The van der Waals surface area contributed by atoms with Crippen molar-refractivity contribution < 1.29 is 9.47 Å². The van der Waals surface area contributed by atoms with Crippen molar-refractivity contribution >= 4 is 0 Å². The third-order valence-corrected chi connectivity index (χ3v) is 3.78. The predicted octanol–water partition coefficient (Wildman–Crippen LogP) is 4.81. The van der Waals surface area contributed by atoms with Crippen LogP contribution >= 0.6 is 0 Å². The van der Waals surface area contributed by atoms with Gasteiger partial charge in [-0.25, -0.2) is 0 Å². The van der Waals surface area contributed by atoms with Crippen LogP contribution in [0.4, 0.5) is 0 Å². The molecule has 0 saturated heterocycles. The Hall–Kier alpha value is -3.25. The topological polar surface area (TPSA) is 42.2 Å². The molecule has 3 aromatic carbocycles. The van der Waals surface area contributed by atoms with Crippen molar-refractivity contribution in [2.75, 3.05) is 7.11 Å². The number of nitrogens with zero attached hydrogens (tertiary/aromatic N) is 1. The number of nitriles is 1. The van der Waals surface area contributed by atoms with Gasteiger partial charge in [-0.1, -0.05) is 54.6 Å². The van der Waals surface area contributed by atoms with Gasteiger partial charge < -0.3 is 9.47 Å². The molecule has 3 rings (SSSR count). The molecule has 3 aromatic rings. The quantitative estimate of drug-likeness (QED) is 0.678. The normalized spacial score (nSPS) is 10.0. The molecule has 0 N–H and O–H groups in total. The summed E-state index contributed by atoms with van der Waals surface area (Å²) in [4.78, 5) is 0. The van der Waals surface area contributed by atoms with E-state index in [1.54, 1.807) is 25.3 Å². The first-order valence-corrected chi connectivity index (χ1v) is 7.66. The Labute approximate surface area is 141 Å². The maximum Gasteiger partial charge on any atom is 0.162 e. The summed E-state index contributed by atoms with van der Waals surface area (Å²) in [6, 6.07) is 25.7. The zero-order valence-electron chi connectivity index (χ0n) is 13.4. The standard InChI is InChI=1S/C21H17NO2/c1-23-21-13-16(14-22)11-12-20(21)24-15-18-9-5-6-10-19(18)17-7-3-2-4-8-17/h2-13H,15H2,1H3. The lowest BCUT2D eigenvalue weighted by atomic mass is 10.0. The van der Waals surface area contributed by atoms with Crippen molar-refractivity contribution in [3.8, 4) is 28.7 Å². The maximum atomic E-state index is 8.97. The molecule has 0 aliphatic heterocycles. The van der Waals surface area contributed by atoms with Crippen molar-refractivity contribution in [1.29, 1.82) is 5.26 Å². The van der Waals surface area contributed by atoms with Crippen molar-refractivity contribution in [3.05, 3.63) is 83.9 Å². The SMILES string of the molecule is COc1cc(C#N)ccc1OCc1ccccc1-c1ccccc1. The van der Waals surface area contributed by atoms with E-state index in [0.29, 0.717) is 23.7 Å². The molecule has 0 aromatic heterocycles. The Morgan fingerprint density at radius 1 is 0.875 bits per heavy atom. The Morgan fingerprint density at radius 3 is 2.38 bits per heavy atom. The molecule has 0 fully saturated rings.